The van der Waals surface area contributed by atoms with Crippen molar-refractivity contribution in [3.8, 4) is 29.9 Å². The van der Waals surface area contributed by atoms with Gasteiger partial charge < -0.3 is 9.47 Å². The lowest BCUT2D eigenvalue weighted by molar-refractivity contribution is 0.0964. The van der Waals surface area contributed by atoms with Gasteiger partial charge in [0, 0.05) is 0 Å². The summed E-state index contributed by atoms with van der Waals surface area (Å²) in [6, 6.07) is 13.4. The maximum Gasteiger partial charge on any atom is 0.280 e. The van der Waals surface area contributed by atoms with E-state index in [9.17, 15) is 14.9 Å². The van der Waals surface area contributed by atoms with Gasteiger partial charge in [-0.15, -0.1) is 6.42 Å². The molecule has 142 valence electrons. The molecule has 0 saturated carbocycles. The molecule has 7 heteroatoms. The van der Waals surface area contributed by atoms with Crippen molar-refractivity contribution in [3.63, 3.8) is 0 Å². The highest BCUT2D eigenvalue weighted by Gasteiger charge is 2.15. The van der Waals surface area contributed by atoms with Crippen LogP contribution in [0.1, 0.15) is 10.4 Å². The van der Waals surface area contributed by atoms with Gasteiger partial charge in [-0.3, -0.25) is 14.2 Å². The number of rotatable bonds is 5. The maximum atomic E-state index is 12.9. The number of fused-ring (bicyclic) bond motifs is 1. The van der Waals surface area contributed by atoms with Crippen molar-refractivity contribution in [3.05, 3.63) is 70.3 Å². The molecule has 0 saturated heterocycles. The molecular formula is C22H15N3O4. The second kappa shape index (κ2) is 8.55. The highest BCUT2D eigenvalue weighted by Crippen LogP contribution is 2.29. The summed E-state index contributed by atoms with van der Waals surface area (Å²) in [6.45, 7) is 0.0832. The molecule has 3 rings (SSSR count). The van der Waals surface area contributed by atoms with Crippen LogP contribution < -0.4 is 15.0 Å². The Kier molecular flexibility index (Phi) is 5.72. The first-order valence-electron chi connectivity index (χ1n) is 8.46. The van der Waals surface area contributed by atoms with E-state index in [1.54, 1.807) is 42.5 Å². The fourth-order valence-electron chi connectivity index (χ4n) is 2.72. The zero-order valence-corrected chi connectivity index (χ0v) is 15.5. The molecule has 29 heavy (non-hydrogen) atoms. The zero-order valence-electron chi connectivity index (χ0n) is 15.5. The van der Waals surface area contributed by atoms with E-state index >= 15 is 0 Å². The van der Waals surface area contributed by atoms with Gasteiger partial charge in [0.2, 0.25) is 0 Å². The molecule has 0 atom stereocenters. The molecule has 0 radical (unpaired) electrons. The SMILES string of the molecule is C#CCOc1ccc(C=C(C#N)C(=O)n2cnc(=O)c3ccccc32)cc1OC. The Balaban J connectivity index is 2.02. The minimum Gasteiger partial charge on any atom is -0.493 e. The number of methoxy groups -OCH3 is 1. The number of nitriles is 1. The molecule has 0 aliphatic carbocycles. The third kappa shape index (κ3) is 4.00. The van der Waals surface area contributed by atoms with Gasteiger partial charge in [0.15, 0.2) is 11.5 Å². The van der Waals surface area contributed by atoms with Crippen LogP contribution in [0.4, 0.5) is 0 Å². The van der Waals surface area contributed by atoms with E-state index in [2.05, 4.69) is 10.9 Å². The Labute approximate surface area is 166 Å². The molecule has 0 fully saturated rings. The van der Waals surface area contributed by atoms with E-state index in [1.165, 1.54) is 17.8 Å². The average Bonchev–Trinajstić information content (AvgIpc) is 2.76. The fraction of sp³-hybridized carbons (Fsp3) is 0.0909. The number of hydrogen-bond donors (Lipinski definition) is 0. The van der Waals surface area contributed by atoms with Crippen molar-refractivity contribution in [2.45, 2.75) is 0 Å². The Hall–Kier alpha value is -4.36. The van der Waals surface area contributed by atoms with Crippen LogP contribution in [0.25, 0.3) is 17.0 Å². The van der Waals surface area contributed by atoms with E-state index in [-0.39, 0.29) is 17.6 Å². The quantitative estimate of drug-likeness (QED) is 0.381. The Morgan fingerprint density at radius 1 is 1.28 bits per heavy atom. The zero-order chi connectivity index (χ0) is 20.8. The van der Waals surface area contributed by atoms with Gasteiger partial charge >= 0.3 is 0 Å². The van der Waals surface area contributed by atoms with Crippen molar-refractivity contribution in [1.29, 1.82) is 5.26 Å². The molecule has 0 aliphatic heterocycles. The Bertz CT molecular complexity index is 1260. The predicted molar refractivity (Wildman–Crippen MR) is 108 cm³/mol. The van der Waals surface area contributed by atoms with Gasteiger partial charge in [-0.1, -0.05) is 24.1 Å². The molecule has 0 bridgehead atoms. The van der Waals surface area contributed by atoms with Crippen LogP contribution >= 0.6 is 0 Å². The van der Waals surface area contributed by atoms with Crippen molar-refractivity contribution >= 4 is 22.9 Å². The molecule has 2 aromatic carbocycles. The second-order valence-electron chi connectivity index (χ2n) is 5.81. The molecule has 0 unspecified atom stereocenters. The van der Waals surface area contributed by atoms with E-state index in [0.717, 1.165) is 6.33 Å². The van der Waals surface area contributed by atoms with Crippen LogP contribution in [0, 0.1) is 23.7 Å². The van der Waals surface area contributed by atoms with Crippen molar-refractivity contribution in [2.75, 3.05) is 13.7 Å². The fourth-order valence-corrected chi connectivity index (χ4v) is 2.72. The summed E-state index contributed by atoms with van der Waals surface area (Å²) >= 11 is 0. The largest absolute Gasteiger partial charge is 0.493 e. The molecule has 0 spiro atoms. The molecule has 3 aromatic rings. The first-order chi connectivity index (χ1) is 14.1. The van der Waals surface area contributed by atoms with E-state index < -0.39 is 11.5 Å². The molecule has 0 amide bonds. The molecule has 0 N–H and O–H groups in total. The number of carbonyl (C=O) groups is 1. The number of hydrogen-bond acceptors (Lipinski definition) is 6. The van der Waals surface area contributed by atoms with E-state index in [4.69, 9.17) is 15.9 Å². The summed E-state index contributed by atoms with van der Waals surface area (Å²) in [4.78, 5) is 28.5. The number of para-hydroxylation sites is 1. The number of carbonyl (C=O) groups excluding carboxylic acids is 1. The van der Waals surface area contributed by atoms with Crippen molar-refractivity contribution in [2.24, 2.45) is 0 Å². The summed E-state index contributed by atoms with van der Waals surface area (Å²) in [5.74, 6) is 2.62. The Morgan fingerprint density at radius 3 is 2.79 bits per heavy atom. The van der Waals surface area contributed by atoms with Gasteiger partial charge in [-0.2, -0.15) is 10.2 Å². The average molecular weight is 385 g/mol. The number of nitrogens with zero attached hydrogens (tertiary/aromatic N) is 3. The van der Waals surface area contributed by atoms with Crippen LogP contribution in [-0.4, -0.2) is 29.2 Å². The normalized spacial score (nSPS) is 10.8. The van der Waals surface area contributed by atoms with Crippen LogP contribution in [0.15, 0.2) is 59.2 Å². The standard InChI is InChI=1S/C22H15N3O4/c1-3-10-29-19-9-8-15(12-20(19)28-2)11-16(13-23)22(27)25-14-24-21(26)17-6-4-5-7-18(17)25/h1,4-9,11-12,14H,10H2,2H3. The van der Waals surface area contributed by atoms with Gasteiger partial charge in [0.1, 0.15) is 24.6 Å². The number of aromatic nitrogens is 2. The third-order valence-electron chi connectivity index (χ3n) is 4.06. The first kappa shape index (κ1) is 19.4. The first-order valence-corrected chi connectivity index (χ1v) is 8.46. The van der Waals surface area contributed by atoms with E-state index in [1.807, 2.05) is 6.07 Å². The minimum atomic E-state index is -0.608. The molecular weight excluding hydrogens is 370 g/mol. The molecule has 7 nitrogen and oxygen atoms in total. The van der Waals surface area contributed by atoms with Crippen LogP contribution in [0.2, 0.25) is 0 Å². The monoisotopic (exact) mass is 385 g/mol. The molecule has 1 aromatic heterocycles. The van der Waals surface area contributed by atoms with Crippen LogP contribution in [0.5, 0.6) is 11.5 Å². The predicted octanol–water partition coefficient (Wildman–Crippen LogP) is 2.66. The van der Waals surface area contributed by atoms with E-state index in [0.29, 0.717) is 22.6 Å². The molecule has 1 heterocycles. The topological polar surface area (TPSA) is 94.2 Å². The number of terminal acetylenes is 1. The third-order valence-corrected chi connectivity index (χ3v) is 4.06. The number of allylic oxidation sites excluding steroid dienone is 1. The highest BCUT2D eigenvalue weighted by molar-refractivity contribution is 6.06. The Morgan fingerprint density at radius 2 is 2.07 bits per heavy atom. The van der Waals surface area contributed by atoms with Crippen molar-refractivity contribution in [1.82, 2.24) is 9.55 Å². The molecule has 0 aliphatic rings. The summed E-state index contributed by atoms with van der Waals surface area (Å²) in [6.07, 6.45) is 7.73. The van der Waals surface area contributed by atoms with Gasteiger partial charge in [-0.05, 0) is 35.9 Å². The lowest BCUT2D eigenvalue weighted by Crippen LogP contribution is -2.19. The summed E-state index contributed by atoms with van der Waals surface area (Å²) in [5.41, 5.74) is 0.340. The van der Waals surface area contributed by atoms with Gasteiger partial charge in [-0.25, -0.2) is 0 Å². The van der Waals surface area contributed by atoms with Crippen LogP contribution in [-0.2, 0) is 0 Å². The minimum absolute atomic E-state index is 0.0832. The second-order valence-corrected chi connectivity index (χ2v) is 5.81. The van der Waals surface area contributed by atoms with Gasteiger partial charge in [0.05, 0.1) is 18.0 Å². The summed E-state index contributed by atoms with van der Waals surface area (Å²) in [5, 5.41) is 9.82. The van der Waals surface area contributed by atoms with Gasteiger partial charge in [0.25, 0.3) is 11.5 Å². The number of benzene rings is 2. The smallest absolute Gasteiger partial charge is 0.280 e. The summed E-state index contributed by atoms with van der Waals surface area (Å²) in [7, 11) is 1.47. The van der Waals surface area contributed by atoms with Crippen LogP contribution in [0.3, 0.4) is 0 Å². The lowest BCUT2D eigenvalue weighted by Gasteiger charge is -2.10. The lowest BCUT2D eigenvalue weighted by atomic mass is 10.1. The maximum absolute atomic E-state index is 12.9. The van der Waals surface area contributed by atoms with Crippen molar-refractivity contribution < 1.29 is 14.3 Å². The number of ether oxygens (including phenoxy) is 2. The highest BCUT2D eigenvalue weighted by atomic mass is 16.5. The summed E-state index contributed by atoms with van der Waals surface area (Å²) < 4.78 is 11.8.